The van der Waals surface area contributed by atoms with Gasteiger partial charge in [-0.3, -0.25) is 9.59 Å². The molecule has 0 spiro atoms. The summed E-state index contributed by atoms with van der Waals surface area (Å²) >= 11 is 7.61. The Hall–Kier alpha value is 0.729. The number of thiol groups is 2. The average molecular weight is 578 g/mol. The van der Waals surface area contributed by atoms with Gasteiger partial charge in [0, 0.05) is 24.3 Å². The van der Waals surface area contributed by atoms with E-state index in [4.69, 9.17) is 18.4 Å². The van der Waals surface area contributed by atoms with Gasteiger partial charge in [-0.2, -0.15) is 25.3 Å². The Bertz CT molecular complexity index is 308. The molecule has 0 amide bonds. The fraction of sp³-hybridized carbons (Fsp3) is 0.905. The molecule has 0 aromatic carbocycles. The van der Waals surface area contributed by atoms with Crippen LogP contribution in [0, 0.1) is 0 Å². The van der Waals surface area contributed by atoms with Crippen LogP contribution in [0.15, 0.2) is 0 Å². The van der Waals surface area contributed by atoms with Gasteiger partial charge in [-0.05, 0) is 12.8 Å². The average Bonchev–Trinajstić information content (AvgIpc) is 2.71. The number of hydrogen-bond donors (Lipinski definition) is 2. The zero-order chi connectivity index (χ0) is 22.6. The first kappa shape index (κ1) is 34.3. The van der Waals surface area contributed by atoms with Gasteiger partial charge in [-0.1, -0.05) is 65.2 Å². The van der Waals surface area contributed by atoms with E-state index in [0.29, 0.717) is 37.6 Å². The summed E-state index contributed by atoms with van der Waals surface area (Å²) in [5.74, 6) is 1.07. The van der Waals surface area contributed by atoms with Gasteiger partial charge in [-0.25, -0.2) is 0 Å². The second-order valence-electron chi connectivity index (χ2n) is 6.41. The quantitative estimate of drug-likeness (QED) is 0.0948. The van der Waals surface area contributed by atoms with Crippen LogP contribution in [0.4, 0.5) is 0 Å². The van der Waals surface area contributed by atoms with Gasteiger partial charge in [-0.15, -0.1) is 0 Å². The molecule has 0 aliphatic heterocycles. The van der Waals surface area contributed by atoms with Crippen molar-refractivity contribution in [2.75, 3.05) is 24.7 Å². The molecule has 0 atom stereocenters. The summed E-state index contributed by atoms with van der Waals surface area (Å²) in [4.78, 5) is 24.0. The van der Waals surface area contributed by atoms with Crippen LogP contribution >= 0.6 is 34.2 Å². The van der Waals surface area contributed by atoms with E-state index in [1.165, 1.54) is 38.5 Å². The fourth-order valence-corrected chi connectivity index (χ4v) is 2.39. The molecular formula is C21H43ClO4S2Sn. The van der Waals surface area contributed by atoms with Crippen LogP contribution in [-0.4, -0.2) is 56.7 Å². The summed E-state index contributed by atoms with van der Waals surface area (Å²) < 4.78 is 9.76. The van der Waals surface area contributed by atoms with Crippen LogP contribution < -0.4 is 0 Å². The topological polar surface area (TPSA) is 52.6 Å². The van der Waals surface area contributed by atoms with Crippen molar-refractivity contribution >= 4 is 66.1 Å². The van der Waals surface area contributed by atoms with Crippen LogP contribution in [0.5, 0.6) is 0 Å². The number of halogens is 1. The van der Waals surface area contributed by atoms with E-state index in [2.05, 4.69) is 44.0 Å². The van der Waals surface area contributed by atoms with Gasteiger partial charge in [0.2, 0.25) is 0 Å². The Morgan fingerprint density at radius 3 is 1.31 bits per heavy atom. The Morgan fingerprint density at radius 2 is 1.03 bits per heavy atom. The number of rotatable bonds is 16. The minimum atomic E-state index is -0.298. The molecule has 0 bridgehead atoms. The second kappa shape index (κ2) is 33.4. The van der Waals surface area contributed by atoms with E-state index < -0.39 is 0 Å². The molecule has 0 fully saturated rings. The third kappa shape index (κ3) is 39.7. The van der Waals surface area contributed by atoms with Gasteiger partial charge in [0.15, 0.2) is 0 Å². The van der Waals surface area contributed by atoms with Crippen LogP contribution in [0.3, 0.4) is 0 Å². The predicted molar refractivity (Wildman–Crippen MR) is 134 cm³/mol. The number of carbonyl (C=O) groups is 2. The van der Waals surface area contributed by atoms with Crippen molar-refractivity contribution in [2.24, 2.45) is 0 Å². The summed E-state index contributed by atoms with van der Waals surface area (Å²) in [6, 6.07) is 0. The fourth-order valence-electron chi connectivity index (χ4n) is 2.21. The molecule has 8 heteroatoms. The molecule has 2 radical (unpaired) electrons. The molecule has 0 rings (SSSR count). The number of carbonyl (C=O) groups excluding carboxylic acids is 2. The van der Waals surface area contributed by atoms with Crippen molar-refractivity contribution < 1.29 is 19.1 Å². The molecule has 0 aromatic heterocycles. The summed E-state index contributed by atoms with van der Waals surface area (Å²) in [6.07, 6.45) is 12.8. The van der Waals surface area contributed by atoms with Gasteiger partial charge in [0.25, 0.3) is 0 Å². The zero-order valence-electron chi connectivity index (χ0n) is 18.7. The van der Waals surface area contributed by atoms with Crippen molar-refractivity contribution in [3.8, 4) is 0 Å². The van der Waals surface area contributed by atoms with Crippen LogP contribution in [0.25, 0.3) is 0 Å². The van der Waals surface area contributed by atoms with Crippen molar-refractivity contribution in [1.82, 2.24) is 0 Å². The van der Waals surface area contributed by atoms with Crippen molar-refractivity contribution in [3.05, 3.63) is 0 Å². The standard InChI is InChI=1S/2C10H20O2S.CH3.ClH.Sn/c2*1-2-3-4-5-6-7-10(11)12-8-9-13;;;/h2*13H,2-9H2,1H3;1H3;1H;/q;;;;+1/p-1. The Morgan fingerprint density at radius 1 is 0.724 bits per heavy atom. The molecule has 0 aliphatic carbocycles. The molecule has 0 N–H and O–H groups in total. The molecule has 0 aromatic rings. The molecule has 0 saturated carbocycles. The molecule has 0 aliphatic rings. The molecular weight excluding hydrogens is 535 g/mol. The maximum absolute atomic E-state index is 11.0. The van der Waals surface area contributed by atoms with E-state index in [9.17, 15) is 9.59 Å². The van der Waals surface area contributed by atoms with E-state index in [0.717, 1.165) is 25.7 Å². The SMILES string of the molecule is CCCCCCCC(=O)OCCS.CCCCCCCC(=O)OCCS.[CH3][Sn][Cl]. The van der Waals surface area contributed by atoms with Gasteiger partial charge in [0.05, 0.1) is 0 Å². The minimum absolute atomic E-state index is 0.0782. The van der Waals surface area contributed by atoms with Crippen LogP contribution in [-0.2, 0) is 19.1 Å². The summed E-state index contributed by atoms with van der Waals surface area (Å²) in [5, 5.41) is 0. The molecule has 0 saturated heterocycles. The van der Waals surface area contributed by atoms with Gasteiger partial charge >= 0.3 is 45.8 Å². The van der Waals surface area contributed by atoms with E-state index in [1.807, 2.05) is 0 Å². The van der Waals surface area contributed by atoms with Gasteiger partial charge < -0.3 is 9.47 Å². The molecule has 174 valence electrons. The maximum atomic E-state index is 11.0. The third-order valence-electron chi connectivity index (χ3n) is 3.68. The second-order valence-corrected chi connectivity index (χ2v) is 10.9. The summed E-state index contributed by atoms with van der Waals surface area (Å²) in [7, 11) is 5.17. The molecule has 4 nitrogen and oxygen atoms in total. The molecule has 29 heavy (non-hydrogen) atoms. The van der Waals surface area contributed by atoms with E-state index in [1.54, 1.807) is 0 Å². The van der Waals surface area contributed by atoms with Crippen LogP contribution in [0.2, 0.25) is 4.94 Å². The van der Waals surface area contributed by atoms with Crippen molar-refractivity contribution in [1.29, 1.82) is 0 Å². The van der Waals surface area contributed by atoms with E-state index >= 15 is 0 Å². The predicted octanol–water partition coefficient (Wildman–Crippen LogP) is 6.53. The Balaban J connectivity index is -0.000000410. The van der Waals surface area contributed by atoms with Crippen molar-refractivity contribution in [2.45, 2.75) is 95.8 Å². The van der Waals surface area contributed by atoms with E-state index in [-0.39, 0.29) is 32.0 Å². The Labute approximate surface area is 204 Å². The molecule has 0 heterocycles. The third-order valence-corrected chi connectivity index (χ3v) is 4.04. The molecule has 0 unspecified atom stereocenters. The zero-order valence-corrected chi connectivity index (χ0v) is 24.1. The summed E-state index contributed by atoms with van der Waals surface area (Å²) in [5.41, 5.74) is 0. The number of esters is 2. The number of unbranched alkanes of at least 4 members (excludes halogenated alkanes) is 8. The van der Waals surface area contributed by atoms with Crippen LogP contribution in [0.1, 0.15) is 90.9 Å². The first-order chi connectivity index (χ1) is 14.0. The Kier molecular flexibility index (Phi) is 39.5. The van der Waals surface area contributed by atoms with Crippen molar-refractivity contribution in [3.63, 3.8) is 0 Å². The normalized spacial score (nSPS) is 9.59. The van der Waals surface area contributed by atoms with Gasteiger partial charge in [0.1, 0.15) is 13.2 Å². The number of hydrogen-bond acceptors (Lipinski definition) is 6. The first-order valence-electron chi connectivity index (χ1n) is 10.8. The monoisotopic (exact) mass is 578 g/mol. The first-order valence-corrected chi connectivity index (χ1v) is 18.6. The summed E-state index contributed by atoms with van der Waals surface area (Å²) in [6.45, 7) is 5.25. The number of ether oxygens (including phenoxy) is 2.